The molecule has 0 aliphatic carbocycles. The lowest BCUT2D eigenvalue weighted by Gasteiger charge is -2.00. The number of hydrogen-bond donors (Lipinski definition) is 0. The van der Waals surface area contributed by atoms with E-state index in [1.807, 2.05) is 30.3 Å². The number of carbonyl (C=O) groups is 1. The molecular weight excluding hydrogens is 322 g/mol. The highest BCUT2D eigenvalue weighted by Crippen LogP contribution is 2.29. The molecule has 2 heterocycles. The monoisotopic (exact) mass is 333 g/mol. The van der Waals surface area contributed by atoms with Crippen LogP contribution in [-0.2, 0) is 11.3 Å². The smallest absolute Gasteiger partial charge is 0.348 e. The fourth-order valence-electron chi connectivity index (χ4n) is 1.91. The Morgan fingerprint density at radius 1 is 1.27 bits per heavy atom. The molecule has 3 rings (SSSR count). The van der Waals surface area contributed by atoms with Crippen molar-refractivity contribution in [1.82, 2.24) is 5.16 Å². The van der Waals surface area contributed by atoms with Crippen LogP contribution in [0.25, 0.3) is 10.4 Å². The first-order chi connectivity index (χ1) is 10.6. The number of esters is 1. The third-order valence-corrected chi connectivity index (χ3v) is 4.33. The first-order valence-corrected chi connectivity index (χ1v) is 7.76. The van der Waals surface area contributed by atoms with Crippen LogP contribution in [0.2, 0.25) is 5.02 Å². The van der Waals surface area contributed by atoms with Gasteiger partial charge in [0, 0.05) is 16.0 Å². The van der Waals surface area contributed by atoms with Gasteiger partial charge in [0.25, 0.3) is 0 Å². The average molecular weight is 334 g/mol. The normalized spacial score (nSPS) is 10.6. The van der Waals surface area contributed by atoms with Gasteiger partial charge >= 0.3 is 5.97 Å². The highest BCUT2D eigenvalue weighted by Gasteiger charge is 2.13. The molecule has 6 heteroatoms. The van der Waals surface area contributed by atoms with Gasteiger partial charge in [-0.3, -0.25) is 0 Å². The van der Waals surface area contributed by atoms with Gasteiger partial charge in [-0.2, -0.15) is 0 Å². The maximum absolute atomic E-state index is 12.0. The van der Waals surface area contributed by atoms with Crippen molar-refractivity contribution >= 4 is 28.9 Å². The summed E-state index contributed by atoms with van der Waals surface area (Å²) in [7, 11) is 0. The number of halogens is 1. The first kappa shape index (κ1) is 14.8. The van der Waals surface area contributed by atoms with E-state index in [-0.39, 0.29) is 12.6 Å². The number of ether oxygens (including phenoxy) is 1. The fraction of sp³-hybridized carbons (Fsp3) is 0.125. The molecule has 0 unspecified atom stereocenters. The lowest BCUT2D eigenvalue weighted by Crippen LogP contribution is -2.03. The van der Waals surface area contributed by atoms with Crippen molar-refractivity contribution in [2.24, 2.45) is 0 Å². The second-order valence-electron chi connectivity index (χ2n) is 4.68. The minimum Gasteiger partial charge on any atom is -0.455 e. The zero-order valence-corrected chi connectivity index (χ0v) is 13.3. The SMILES string of the molecule is Cc1cc(COC(=O)c2ccc(-c3ccc(Cl)cc3)s2)no1. The third kappa shape index (κ3) is 3.37. The molecule has 0 fully saturated rings. The zero-order valence-electron chi connectivity index (χ0n) is 11.7. The summed E-state index contributed by atoms with van der Waals surface area (Å²) in [6, 6.07) is 12.9. The number of nitrogens with zero attached hydrogens (tertiary/aromatic N) is 1. The predicted octanol–water partition coefficient (Wildman–Crippen LogP) is 4.72. The van der Waals surface area contributed by atoms with Crippen molar-refractivity contribution in [3.63, 3.8) is 0 Å². The van der Waals surface area contributed by atoms with Crippen molar-refractivity contribution in [1.29, 1.82) is 0 Å². The third-order valence-electron chi connectivity index (χ3n) is 2.96. The van der Waals surface area contributed by atoms with Gasteiger partial charge in [0.15, 0.2) is 0 Å². The Kier molecular flexibility index (Phi) is 4.27. The topological polar surface area (TPSA) is 52.3 Å². The number of carbonyl (C=O) groups excluding carboxylic acids is 1. The Balaban J connectivity index is 1.67. The van der Waals surface area contributed by atoms with Gasteiger partial charge in [-0.05, 0) is 36.8 Å². The number of thiophene rings is 1. The Hall–Kier alpha value is -2.11. The van der Waals surface area contributed by atoms with Crippen LogP contribution >= 0.6 is 22.9 Å². The van der Waals surface area contributed by atoms with Gasteiger partial charge in [-0.1, -0.05) is 28.9 Å². The first-order valence-electron chi connectivity index (χ1n) is 6.57. The number of aromatic nitrogens is 1. The maximum Gasteiger partial charge on any atom is 0.348 e. The highest BCUT2D eigenvalue weighted by molar-refractivity contribution is 7.17. The number of benzene rings is 1. The summed E-state index contributed by atoms with van der Waals surface area (Å²) in [5, 5.41) is 4.46. The van der Waals surface area contributed by atoms with E-state index < -0.39 is 0 Å². The van der Waals surface area contributed by atoms with E-state index in [4.69, 9.17) is 20.9 Å². The zero-order chi connectivity index (χ0) is 15.5. The molecule has 112 valence electrons. The molecule has 4 nitrogen and oxygen atoms in total. The largest absolute Gasteiger partial charge is 0.455 e. The van der Waals surface area contributed by atoms with Crippen LogP contribution in [-0.4, -0.2) is 11.1 Å². The van der Waals surface area contributed by atoms with Gasteiger partial charge in [0.05, 0.1) is 0 Å². The molecule has 0 spiro atoms. The molecule has 0 atom stereocenters. The van der Waals surface area contributed by atoms with Gasteiger partial charge in [-0.15, -0.1) is 11.3 Å². The van der Waals surface area contributed by atoms with Crippen molar-refractivity contribution in [3.8, 4) is 10.4 Å². The summed E-state index contributed by atoms with van der Waals surface area (Å²) in [6.45, 7) is 1.89. The molecular formula is C16H12ClNO3S. The molecule has 0 saturated heterocycles. The van der Waals surface area contributed by atoms with Gasteiger partial charge in [0.2, 0.25) is 0 Å². The second-order valence-corrected chi connectivity index (χ2v) is 6.20. The summed E-state index contributed by atoms with van der Waals surface area (Å²) in [4.78, 5) is 13.6. The van der Waals surface area contributed by atoms with Crippen LogP contribution in [0.5, 0.6) is 0 Å². The van der Waals surface area contributed by atoms with Crippen LogP contribution in [0, 0.1) is 6.92 Å². The van der Waals surface area contributed by atoms with Crippen molar-refractivity contribution in [2.45, 2.75) is 13.5 Å². The second kappa shape index (κ2) is 6.34. The molecule has 0 aliphatic rings. The lowest BCUT2D eigenvalue weighted by molar-refractivity contribution is 0.0470. The quantitative estimate of drug-likeness (QED) is 0.648. The van der Waals surface area contributed by atoms with Gasteiger partial charge in [0.1, 0.15) is 22.9 Å². The molecule has 0 bridgehead atoms. The molecule has 3 aromatic rings. The Morgan fingerprint density at radius 3 is 2.73 bits per heavy atom. The van der Waals surface area contributed by atoms with Crippen LogP contribution in [0.4, 0.5) is 0 Å². The maximum atomic E-state index is 12.0. The number of aryl methyl sites for hydroxylation is 1. The highest BCUT2D eigenvalue weighted by atomic mass is 35.5. The standard InChI is InChI=1S/C16H12ClNO3S/c1-10-8-13(18-21-10)9-20-16(19)15-7-6-14(22-15)11-2-4-12(17)5-3-11/h2-8H,9H2,1H3. The average Bonchev–Trinajstić information content (AvgIpc) is 3.15. The summed E-state index contributed by atoms with van der Waals surface area (Å²) in [5.74, 6) is 0.318. The van der Waals surface area contributed by atoms with E-state index in [1.54, 1.807) is 19.1 Å². The van der Waals surface area contributed by atoms with E-state index in [1.165, 1.54) is 11.3 Å². The van der Waals surface area contributed by atoms with Crippen LogP contribution in [0.3, 0.4) is 0 Å². The van der Waals surface area contributed by atoms with E-state index in [0.717, 1.165) is 10.4 Å². The summed E-state index contributed by atoms with van der Waals surface area (Å²) in [5.41, 5.74) is 1.61. The summed E-state index contributed by atoms with van der Waals surface area (Å²) >= 11 is 7.25. The molecule has 0 aliphatic heterocycles. The number of rotatable bonds is 4. The van der Waals surface area contributed by atoms with Crippen LogP contribution in [0.15, 0.2) is 47.0 Å². The Labute approximate surface area is 136 Å². The molecule has 0 radical (unpaired) electrons. The molecule has 0 amide bonds. The fourth-order valence-corrected chi connectivity index (χ4v) is 2.94. The van der Waals surface area contributed by atoms with E-state index in [9.17, 15) is 4.79 Å². The molecule has 1 aromatic carbocycles. The van der Waals surface area contributed by atoms with Crippen LogP contribution < -0.4 is 0 Å². The lowest BCUT2D eigenvalue weighted by atomic mass is 10.2. The summed E-state index contributed by atoms with van der Waals surface area (Å²) in [6.07, 6.45) is 0. The van der Waals surface area contributed by atoms with Gasteiger partial charge < -0.3 is 9.26 Å². The molecule has 2 aromatic heterocycles. The van der Waals surface area contributed by atoms with Gasteiger partial charge in [-0.25, -0.2) is 4.79 Å². The number of hydrogen-bond acceptors (Lipinski definition) is 5. The molecule has 0 saturated carbocycles. The Bertz CT molecular complexity index is 792. The van der Waals surface area contributed by atoms with E-state index in [2.05, 4.69) is 5.16 Å². The summed E-state index contributed by atoms with van der Waals surface area (Å²) < 4.78 is 10.1. The molecule has 22 heavy (non-hydrogen) atoms. The van der Waals surface area contributed by atoms with Crippen LogP contribution in [0.1, 0.15) is 21.1 Å². The van der Waals surface area contributed by atoms with E-state index in [0.29, 0.717) is 21.4 Å². The minimum atomic E-state index is -0.370. The van der Waals surface area contributed by atoms with Crippen molar-refractivity contribution < 1.29 is 14.1 Å². The molecule has 0 N–H and O–H groups in total. The Morgan fingerprint density at radius 2 is 2.05 bits per heavy atom. The van der Waals surface area contributed by atoms with Crippen molar-refractivity contribution in [2.75, 3.05) is 0 Å². The predicted molar refractivity (Wildman–Crippen MR) is 85.1 cm³/mol. The van der Waals surface area contributed by atoms with Crippen molar-refractivity contribution in [3.05, 3.63) is 63.8 Å². The van der Waals surface area contributed by atoms with E-state index >= 15 is 0 Å². The minimum absolute atomic E-state index is 0.102.